The highest BCUT2D eigenvalue weighted by Crippen LogP contribution is 2.17. The Morgan fingerprint density at radius 2 is 2.10 bits per heavy atom. The maximum Gasteiger partial charge on any atom is 0.219 e. The van der Waals surface area contributed by atoms with Crippen LogP contribution in [0.15, 0.2) is 30.3 Å². The summed E-state index contributed by atoms with van der Waals surface area (Å²) in [5, 5.41) is 0. The third-order valence-electron chi connectivity index (χ3n) is 4.23. The highest BCUT2D eigenvalue weighted by molar-refractivity contribution is 5.72. The van der Waals surface area contributed by atoms with Crippen molar-refractivity contribution in [3.63, 3.8) is 0 Å². The molecular weight excluding hydrogens is 248 g/mol. The number of amides is 1. The minimum atomic E-state index is 0.173. The quantitative estimate of drug-likeness (QED) is 0.823. The molecule has 1 fully saturated rings. The first-order chi connectivity index (χ1) is 9.65. The molecule has 0 radical (unpaired) electrons. The predicted molar refractivity (Wildman–Crippen MR) is 82.6 cm³/mol. The molecule has 1 aliphatic heterocycles. The van der Waals surface area contributed by atoms with Gasteiger partial charge >= 0.3 is 0 Å². The molecule has 2 rings (SSSR count). The van der Waals surface area contributed by atoms with Crippen molar-refractivity contribution in [2.75, 3.05) is 33.2 Å². The first kappa shape index (κ1) is 15.0. The molecule has 3 heteroatoms. The van der Waals surface area contributed by atoms with E-state index in [1.807, 2.05) is 11.9 Å². The van der Waals surface area contributed by atoms with Crippen LogP contribution in [0.2, 0.25) is 0 Å². The summed E-state index contributed by atoms with van der Waals surface area (Å²) in [5.41, 5.74) is 1.41. The van der Waals surface area contributed by atoms with E-state index in [4.69, 9.17) is 0 Å². The van der Waals surface area contributed by atoms with Gasteiger partial charge in [-0.1, -0.05) is 30.3 Å². The smallest absolute Gasteiger partial charge is 0.219 e. The molecular formula is C17H26N2O. The zero-order valence-corrected chi connectivity index (χ0v) is 12.7. The molecule has 3 nitrogen and oxygen atoms in total. The van der Waals surface area contributed by atoms with E-state index in [1.54, 1.807) is 6.92 Å². The molecule has 1 unspecified atom stereocenters. The van der Waals surface area contributed by atoms with Crippen LogP contribution in [0.3, 0.4) is 0 Å². The van der Waals surface area contributed by atoms with Crippen LogP contribution in [0.25, 0.3) is 0 Å². The fourth-order valence-corrected chi connectivity index (χ4v) is 2.95. The summed E-state index contributed by atoms with van der Waals surface area (Å²) in [6, 6.07) is 10.7. The summed E-state index contributed by atoms with van der Waals surface area (Å²) in [4.78, 5) is 15.7. The van der Waals surface area contributed by atoms with Crippen molar-refractivity contribution in [1.29, 1.82) is 0 Å². The largest absolute Gasteiger partial charge is 0.346 e. The van der Waals surface area contributed by atoms with E-state index in [-0.39, 0.29) is 5.91 Å². The van der Waals surface area contributed by atoms with E-state index in [0.29, 0.717) is 5.92 Å². The second kappa shape index (κ2) is 7.44. The van der Waals surface area contributed by atoms with Crippen molar-refractivity contribution in [3.05, 3.63) is 35.9 Å². The van der Waals surface area contributed by atoms with Gasteiger partial charge in [-0.15, -0.1) is 0 Å². The van der Waals surface area contributed by atoms with Crippen molar-refractivity contribution >= 4 is 5.91 Å². The SMILES string of the molecule is CC(=O)N(C)CC1CCCN(CCc2ccccc2)C1. The van der Waals surface area contributed by atoms with Gasteiger partial charge in [0.1, 0.15) is 0 Å². The molecule has 110 valence electrons. The third kappa shape index (κ3) is 4.64. The van der Waals surface area contributed by atoms with Gasteiger partial charge in [0.2, 0.25) is 5.91 Å². The molecule has 20 heavy (non-hydrogen) atoms. The Labute approximate surface area is 122 Å². The van der Waals surface area contributed by atoms with Gasteiger partial charge in [0, 0.05) is 33.6 Å². The second-order valence-electron chi connectivity index (χ2n) is 5.94. The first-order valence-corrected chi connectivity index (χ1v) is 7.63. The van der Waals surface area contributed by atoms with Crippen molar-refractivity contribution < 1.29 is 4.79 Å². The molecule has 1 amide bonds. The van der Waals surface area contributed by atoms with E-state index in [0.717, 1.165) is 26.1 Å². The molecule has 1 aromatic carbocycles. The number of nitrogens with zero attached hydrogens (tertiary/aromatic N) is 2. The van der Waals surface area contributed by atoms with Crippen molar-refractivity contribution in [3.8, 4) is 0 Å². The van der Waals surface area contributed by atoms with Crippen LogP contribution in [-0.2, 0) is 11.2 Å². The fraction of sp³-hybridized carbons (Fsp3) is 0.588. The Kier molecular flexibility index (Phi) is 5.60. The number of carbonyl (C=O) groups excluding carboxylic acids is 1. The normalized spacial score (nSPS) is 19.8. The zero-order valence-electron chi connectivity index (χ0n) is 12.7. The number of likely N-dealkylation sites (tertiary alicyclic amines) is 1. The molecule has 0 bridgehead atoms. The van der Waals surface area contributed by atoms with Crippen LogP contribution >= 0.6 is 0 Å². The van der Waals surface area contributed by atoms with E-state index < -0.39 is 0 Å². The predicted octanol–water partition coefficient (Wildman–Crippen LogP) is 2.42. The molecule has 0 saturated carbocycles. The summed E-state index contributed by atoms with van der Waals surface area (Å²) in [5.74, 6) is 0.805. The summed E-state index contributed by atoms with van der Waals surface area (Å²) in [7, 11) is 1.91. The van der Waals surface area contributed by atoms with Gasteiger partial charge in [-0.2, -0.15) is 0 Å². The summed E-state index contributed by atoms with van der Waals surface area (Å²) in [6.07, 6.45) is 3.63. The van der Waals surface area contributed by atoms with Gasteiger partial charge in [-0.05, 0) is 37.3 Å². The maximum atomic E-state index is 11.3. The number of piperidine rings is 1. The van der Waals surface area contributed by atoms with Gasteiger partial charge in [0.05, 0.1) is 0 Å². The minimum absolute atomic E-state index is 0.173. The summed E-state index contributed by atoms with van der Waals surface area (Å²) in [6.45, 7) is 6.01. The molecule has 1 saturated heterocycles. The van der Waals surface area contributed by atoms with Crippen LogP contribution in [0.4, 0.5) is 0 Å². The number of hydrogen-bond acceptors (Lipinski definition) is 2. The lowest BCUT2D eigenvalue weighted by atomic mass is 9.97. The Hall–Kier alpha value is -1.35. The molecule has 0 N–H and O–H groups in total. The van der Waals surface area contributed by atoms with Crippen LogP contribution in [0.1, 0.15) is 25.3 Å². The first-order valence-electron chi connectivity index (χ1n) is 7.63. The van der Waals surface area contributed by atoms with Gasteiger partial charge < -0.3 is 9.80 Å². The number of hydrogen-bond donors (Lipinski definition) is 0. The van der Waals surface area contributed by atoms with E-state index in [1.165, 1.54) is 24.9 Å². The zero-order chi connectivity index (χ0) is 14.4. The Morgan fingerprint density at radius 3 is 2.80 bits per heavy atom. The monoisotopic (exact) mass is 274 g/mol. The van der Waals surface area contributed by atoms with Gasteiger partial charge in [0.25, 0.3) is 0 Å². The molecule has 0 spiro atoms. The van der Waals surface area contributed by atoms with Crippen molar-refractivity contribution in [2.45, 2.75) is 26.2 Å². The van der Waals surface area contributed by atoms with Gasteiger partial charge in [-0.25, -0.2) is 0 Å². The lowest BCUT2D eigenvalue weighted by molar-refractivity contribution is -0.128. The average Bonchev–Trinajstić information content (AvgIpc) is 2.46. The van der Waals surface area contributed by atoms with E-state index in [2.05, 4.69) is 35.2 Å². The molecule has 0 aliphatic carbocycles. The highest BCUT2D eigenvalue weighted by Gasteiger charge is 2.21. The topological polar surface area (TPSA) is 23.6 Å². The maximum absolute atomic E-state index is 11.3. The van der Waals surface area contributed by atoms with Crippen molar-refractivity contribution in [1.82, 2.24) is 9.80 Å². The standard InChI is InChI=1S/C17H26N2O/c1-15(20)18(2)13-17-9-6-11-19(14-17)12-10-16-7-4-3-5-8-16/h3-5,7-8,17H,6,9-14H2,1-2H3. The average molecular weight is 274 g/mol. The second-order valence-corrected chi connectivity index (χ2v) is 5.94. The Balaban J connectivity index is 1.77. The molecule has 1 aliphatic rings. The third-order valence-corrected chi connectivity index (χ3v) is 4.23. The number of benzene rings is 1. The molecule has 1 heterocycles. The minimum Gasteiger partial charge on any atom is -0.346 e. The summed E-state index contributed by atoms with van der Waals surface area (Å²) >= 11 is 0. The number of carbonyl (C=O) groups is 1. The Bertz CT molecular complexity index is 418. The fourth-order valence-electron chi connectivity index (χ4n) is 2.95. The molecule has 1 aromatic rings. The van der Waals surface area contributed by atoms with Crippen molar-refractivity contribution in [2.24, 2.45) is 5.92 Å². The highest BCUT2D eigenvalue weighted by atomic mass is 16.2. The summed E-state index contributed by atoms with van der Waals surface area (Å²) < 4.78 is 0. The van der Waals surface area contributed by atoms with Crippen LogP contribution in [-0.4, -0.2) is 48.9 Å². The Morgan fingerprint density at radius 1 is 1.35 bits per heavy atom. The van der Waals surface area contributed by atoms with Crippen LogP contribution in [0, 0.1) is 5.92 Å². The van der Waals surface area contributed by atoms with Gasteiger partial charge in [-0.3, -0.25) is 4.79 Å². The van der Waals surface area contributed by atoms with E-state index in [9.17, 15) is 4.79 Å². The molecule has 1 atom stereocenters. The van der Waals surface area contributed by atoms with Crippen LogP contribution < -0.4 is 0 Å². The number of rotatable bonds is 5. The van der Waals surface area contributed by atoms with E-state index >= 15 is 0 Å². The lowest BCUT2D eigenvalue weighted by Gasteiger charge is -2.34. The lowest BCUT2D eigenvalue weighted by Crippen LogP contribution is -2.41. The van der Waals surface area contributed by atoms with Crippen LogP contribution in [0.5, 0.6) is 0 Å². The van der Waals surface area contributed by atoms with Gasteiger partial charge in [0.15, 0.2) is 0 Å². The molecule has 0 aromatic heterocycles.